The third kappa shape index (κ3) is 5.07. The number of amides is 1. The Kier molecular flexibility index (Phi) is 8.26. The molecule has 1 N–H and O–H groups in total. The molecule has 1 heterocycles. The normalized spacial score (nSPS) is 17.0. The maximum Gasteiger partial charge on any atom is 0.308 e. The first-order valence-electron chi connectivity index (χ1n) is 10.3. The molecule has 2 aromatic carbocycles. The predicted molar refractivity (Wildman–Crippen MR) is 128 cm³/mol. The number of rotatable bonds is 8. The summed E-state index contributed by atoms with van der Waals surface area (Å²) in [5.74, 6) is -2.52. The van der Waals surface area contributed by atoms with Crippen molar-refractivity contribution in [2.75, 3.05) is 34.5 Å². The van der Waals surface area contributed by atoms with Crippen LogP contribution in [0.5, 0.6) is 17.2 Å². The number of carbonyl (C=O) groups excluding carboxylic acids is 3. The van der Waals surface area contributed by atoms with Crippen LogP contribution >= 0.6 is 23.2 Å². The fourth-order valence-corrected chi connectivity index (χ4v) is 4.54. The minimum atomic E-state index is -1.02. The molecule has 186 valence electrons. The van der Waals surface area contributed by atoms with Crippen LogP contribution in [0, 0.1) is 0 Å². The lowest BCUT2D eigenvalue weighted by molar-refractivity contribution is -0.140. The Bertz CT molecular complexity index is 1210. The first-order valence-corrected chi connectivity index (χ1v) is 11.1. The highest BCUT2D eigenvalue weighted by atomic mass is 35.5. The highest BCUT2D eigenvalue weighted by Crippen LogP contribution is 2.47. The van der Waals surface area contributed by atoms with Gasteiger partial charge >= 0.3 is 5.97 Å². The summed E-state index contributed by atoms with van der Waals surface area (Å²) < 4.78 is 20.8. The quantitative estimate of drug-likeness (QED) is 0.181. The van der Waals surface area contributed by atoms with Crippen LogP contribution in [0.25, 0.3) is 5.76 Å². The summed E-state index contributed by atoms with van der Waals surface area (Å²) in [6, 6.07) is 6.61. The maximum absolute atomic E-state index is 13.2. The van der Waals surface area contributed by atoms with Gasteiger partial charge in [-0.15, -0.1) is 0 Å². The van der Waals surface area contributed by atoms with Crippen LogP contribution in [0.2, 0.25) is 10.0 Å². The summed E-state index contributed by atoms with van der Waals surface area (Å²) in [5, 5.41) is 11.4. The van der Waals surface area contributed by atoms with Crippen LogP contribution < -0.4 is 14.2 Å². The number of benzene rings is 2. The Morgan fingerprint density at radius 2 is 1.77 bits per heavy atom. The molecule has 11 heteroatoms. The van der Waals surface area contributed by atoms with E-state index in [4.69, 9.17) is 42.1 Å². The minimum Gasteiger partial charge on any atom is -0.507 e. The Balaban J connectivity index is 2.28. The molecule has 1 saturated heterocycles. The molecule has 2 aromatic rings. The van der Waals surface area contributed by atoms with E-state index >= 15 is 0 Å². The molecule has 1 unspecified atom stereocenters. The van der Waals surface area contributed by atoms with E-state index in [1.54, 1.807) is 18.2 Å². The highest BCUT2D eigenvalue weighted by Gasteiger charge is 2.46. The summed E-state index contributed by atoms with van der Waals surface area (Å²) in [6.45, 7) is 1.44. The number of ether oxygens (including phenoxy) is 4. The highest BCUT2D eigenvalue weighted by molar-refractivity contribution is 6.47. The fraction of sp³-hybridized carbons (Fsp3) is 0.292. The van der Waals surface area contributed by atoms with Crippen LogP contribution in [-0.4, -0.2) is 62.1 Å². The van der Waals surface area contributed by atoms with Crippen molar-refractivity contribution in [1.82, 2.24) is 4.90 Å². The number of aliphatic hydroxyl groups excluding tert-OH is 1. The fourth-order valence-electron chi connectivity index (χ4n) is 3.85. The monoisotopic (exact) mass is 523 g/mol. The summed E-state index contributed by atoms with van der Waals surface area (Å²) in [6.07, 6.45) is 0. The van der Waals surface area contributed by atoms with Crippen LogP contribution in [0.1, 0.15) is 24.1 Å². The number of esters is 1. The molecule has 1 fully saturated rings. The summed E-state index contributed by atoms with van der Waals surface area (Å²) >= 11 is 12.6. The van der Waals surface area contributed by atoms with E-state index in [1.807, 2.05) is 0 Å². The average Bonchev–Trinajstić information content (AvgIpc) is 3.06. The number of nitrogens with zero attached hydrogens (tertiary/aromatic N) is 1. The van der Waals surface area contributed by atoms with Crippen molar-refractivity contribution in [3.8, 4) is 17.2 Å². The van der Waals surface area contributed by atoms with Gasteiger partial charge in [-0.2, -0.15) is 0 Å². The van der Waals surface area contributed by atoms with E-state index in [-0.39, 0.29) is 51.6 Å². The zero-order valence-electron chi connectivity index (χ0n) is 19.4. The number of carbonyl (C=O) groups is 3. The van der Waals surface area contributed by atoms with Crippen molar-refractivity contribution >= 4 is 46.6 Å². The van der Waals surface area contributed by atoms with Crippen molar-refractivity contribution in [1.29, 1.82) is 0 Å². The zero-order valence-corrected chi connectivity index (χ0v) is 20.9. The first-order chi connectivity index (χ1) is 16.7. The molecule has 0 aromatic heterocycles. The van der Waals surface area contributed by atoms with Gasteiger partial charge in [0.15, 0.2) is 11.5 Å². The maximum atomic E-state index is 13.2. The van der Waals surface area contributed by atoms with Gasteiger partial charge in [-0.3, -0.25) is 14.4 Å². The molecular formula is C24H23Cl2NO8. The average molecular weight is 524 g/mol. The third-order valence-electron chi connectivity index (χ3n) is 5.31. The SMILES string of the molecule is COCCN1C(=O)C(=O)/C(=C(/O)c2cc(Cl)c(OC)c(Cl)c2OC)C1c1cccc(OC(C)=O)c1. The Morgan fingerprint density at radius 1 is 1.09 bits per heavy atom. The number of halogens is 2. The van der Waals surface area contributed by atoms with Gasteiger partial charge in [-0.25, -0.2) is 0 Å². The summed E-state index contributed by atoms with van der Waals surface area (Å²) in [5.41, 5.74) is 0.195. The Labute approximate surface area is 211 Å². The van der Waals surface area contributed by atoms with Gasteiger partial charge in [0.1, 0.15) is 16.5 Å². The lowest BCUT2D eigenvalue weighted by atomic mass is 9.94. The Morgan fingerprint density at radius 3 is 2.37 bits per heavy atom. The van der Waals surface area contributed by atoms with Crippen molar-refractivity contribution in [3.63, 3.8) is 0 Å². The summed E-state index contributed by atoms with van der Waals surface area (Å²) in [7, 11) is 4.14. The largest absolute Gasteiger partial charge is 0.507 e. The second-order valence-corrected chi connectivity index (χ2v) is 8.22. The number of hydrogen-bond acceptors (Lipinski definition) is 8. The number of hydrogen-bond donors (Lipinski definition) is 1. The topological polar surface area (TPSA) is 112 Å². The van der Waals surface area contributed by atoms with Crippen LogP contribution in [0.4, 0.5) is 0 Å². The van der Waals surface area contributed by atoms with E-state index in [9.17, 15) is 19.5 Å². The van der Waals surface area contributed by atoms with Gasteiger partial charge in [-0.1, -0.05) is 35.3 Å². The number of Topliss-reactive ketones (excluding diaryl/α,β-unsaturated/α-hetero) is 1. The smallest absolute Gasteiger partial charge is 0.308 e. The number of methoxy groups -OCH3 is 3. The molecule has 0 radical (unpaired) electrons. The van der Waals surface area contributed by atoms with E-state index in [2.05, 4.69) is 0 Å². The first kappa shape index (κ1) is 26.3. The second-order valence-electron chi connectivity index (χ2n) is 7.44. The molecule has 1 aliphatic rings. The second kappa shape index (κ2) is 11.0. The van der Waals surface area contributed by atoms with E-state index in [0.717, 1.165) is 0 Å². The molecule has 3 rings (SSSR count). The molecule has 0 bridgehead atoms. The van der Waals surface area contributed by atoms with Gasteiger partial charge in [0.05, 0.1) is 43.0 Å². The van der Waals surface area contributed by atoms with E-state index in [0.29, 0.717) is 5.56 Å². The van der Waals surface area contributed by atoms with Crippen LogP contribution in [0.15, 0.2) is 35.9 Å². The molecule has 1 amide bonds. The van der Waals surface area contributed by atoms with Crippen LogP contribution in [0.3, 0.4) is 0 Å². The molecule has 0 aliphatic carbocycles. The molecule has 35 heavy (non-hydrogen) atoms. The lowest BCUT2D eigenvalue weighted by Gasteiger charge is -2.25. The van der Waals surface area contributed by atoms with Crippen molar-refractivity contribution < 1.29 is 38.4 Å². The van der Waals surface area contributed by atoms with Gasteiger partial charge in [0.2, 0.25) is 0 Å². The number of aliphatic hydroxyl groups is 1. The van der Waals surface area contributed by atoms with E-state index < -0.39 is 29.5 Å². The molecule has 0 spiro atoms. The molecule has 0 saturated carbocycles. The van der Waals surface area contributed by atoms with Crippen molar-refractivity contribution in [2.24, 2.45) is 0 Å². The predicted octanol–water partition coefficient (Wildman–Crippen LogP) is 4.00. The number of ketones is 1. The number of likely N-dealkylation sites (tertiary alicyclic amines) is 1. The molecule has 1 atom stereocenters. The van der Waals surface area contributed by atoms with Crippen molar-refractivity contribution in [3.05, 3.63) is 57.1 Å². The van der Waals surface area contributed by atoms with Crippen molar-refractivity contribution in [2.45, 2.75) is 13.0 Å². The zero-order chi connectivity index (χ0) is 25.9. The van der Waals surface area contributed by atoms with Gasteiger partial charge in [-0.05, 0) is 23.8 Å². The molecule has 9 nitrogen and oxygen atoms in total. The standard InChI is InChI=1S/C24H23Cl2NO8/c1-12(28)35-14-7-5-6-13(10-14)19-17(21(30)24(31)27(19)8-9-32-2)20(29)15-11-16(25)23(34-4)18(26)22(15)33-3/h5-7,10-11,19,29H,8-9H2,1-4H3/b20-17+. The van der Waals surface area contributed by atoms with Gasteiger partial charge in [0.25, 0.3) is 11.7 Å². The van der Waals surface area contributed by atoms with Gasteiger partial charge in [0, 0.05) is 20.6 Å². The van der Waals surface area contributed by atoms with E-state index in [1.165, 1.54) is 45.3 Å². The molecular weight excluding hydrogens is 501 g/mol. The third-order valence-corrected chi connectivity index (χ3v) is 5.93. The molecule has 1 aliphatic heterocycles. The van der Waals surface area contributed by atoms with Gasteiger partial charge < -0.3 is 29.0 Å². The lowest BCUT2D eigenvalue weighted by Crippen LogP contribution is -2.32. The van der Waals surface area contributed by atoms with Crippen LogP contribution in [-0.2, 0) is 19.1 Å². The minimum absolute atomic E-state index is 0.000853. The summed E-state index contributed by atoms with van der Waals surface area (Å²) in [4.78, 5) is 38.9. The Hall–Kier alpha value is -3.27.